The fourth-order valence-electron chi connectivity index (χ4n) is 3.46. The minimum absolute atomic E-state index is 0.125. The summed E-state index contributed by atoms with van der Waals surface area (Å²) in [5, 5.41) is 15.9. The molecule has 0 bridgehead atoms. The average molecular weight is 498 g/mol. The lowest BCUT2D eigenvalue weighted by Crippen LogP contribution is -2.34. The van der Waals surface area contributed by atoms with E-state index in [-0.39, 0.29) is 16.4 Å². The lowest BCUT2D eigenvalue weighted by atomic mass is 10.0. The highest BCUT2D eigenvalue weighted by Crippen LogP contribution is 2.30. The zero-order chi connectivity index (χ0) is 23.3. The summed E-state index contributed by atoms with van der Waals surface area (Å²) in [5.41, 5.74) is 1.05. The average Bonchev–Trinajstić information content (AvgIpc) is 3.29. The van der Waals surface area contributed by atoms with E-state index in [1.165, 1.54) is 23.5 Å². The summed E-state index contributed by atoms with van der Waals surface area (Å²) in [5.74, 6) is -0.604. The Morgan fingerprint density at radius 1 is 1.22 bits per heavy atom. The Hall–Kier alpha value is -2.40. The Labute approximate surface area is 197 Å². The number of sulfonamides is 1. The van der Waals surface area contributed by atoms with E-state index in [1.54, 1.807) is 30.3 Å². The molecule has 8 nitrogen and oxygen atoms in total. The van der Waals surface area contributed by atoms with Gasteiger partial charge in [0.25, 0.3) is 0 Å². The van der Waals surface area contributed by atoms with Crippen LogP contribution in [0.5, 0.6) is 5.75 Å². The minimum atomic E-state index is -3.62. The molecule has 2 aromatic rings. The first kappa shape index (κ1) is 24.2. The van der Waals surface area contributed by atoms with E-state index in [1.807, 2.05) is 0 Å². The number of carboxylic acids is 1. The first-order chi connectivity index (χ1) is 15.2. The molecule has 1 atom stereocenters. The molecule has 3 N–H and O–H groups in total. The van der Waals surface area contributed by atoms with Crippen LogP contribution in [0.15, 0.2) is 47.4 Å². The van der Waals surface area contributed by atoms with Crippen molar-refractivity contribution >= 4 is 50.6 Å². The fraction of sp³-hybridized carbons (Fsp3) is 0.333. The molecule has 0 aliphatic carbocycles. The van der Waals surface area contributed by atoms with Gasteiger partial charge in [-0.1, -0.05) is 23.7 Å². The maximum atomic E-state index is 12.9. The third-order valence-corrected chi connectivity index (χ3v) is 7.44. The van der Waals surface area contributed by atoms with Gasteiger partial charge in [-0.15, -0.1) is 0 Å². The quantitative estimate of drug-likeness (QED) is 0.474. The van der Waals surface area contributed by atoms with Gasteiger partial charge in [-0.3, -0.25) is 4.79 Å². The summed E-state index contributed by atoms with van der Waals surface area (Å²) in [6.07, 6.45) is 1.46. The van der Waals surface area contributed by atoms with Crippen LogP contribution < -0.4 is 15.4 Å². The second kappa shape index (κ2) is 10.5. The zero-order valence-electron chi connectivity index (χ0n) is 17.4. The van der Waals surface area contributed by atoms with E-state index in [0.717, 1.165) is 12.8 Å². The molecular weight excluding hydrogens is 474 g/mol. The molecule has 2 aromatic carbocycles. The first-order valence-corrected chi connectivity index (χ1v) is 12.2. The van der Waals surface area contributed by atoms with Gasteiger partial charge in [-0.25, -0.2) is 8.42 Å². The minimum Gasteiger partial charge on any atom is -0.495 e. The molecule has 0 unspecified atom stereocenters. The normalized spacial score (nSPS) is 15.2. The van der Waals surface area contributed by atoms with Crippen molar-refractivity contribution < 1.29 is 23.1 Å². The lowest BCUT2D eigenvalue weighted by molar-refractivity contribution is -0.137. The highest BCUT2D eigenvalue weighted by atomic mass is 35.5. The highest BCUT2D eigenvalue weighted by molar-refractivity contribution is 7.89. The Morgan fingerprint density at radius 2 is 1.88 bits per heavy atom. The van der Waals surface area contributed by atoms with E-state index in [2.05, 4.69) is 10.6 Å². The van der Waals surface area contributed by atoms with Crippen LogP contribution in [-0.4, -0.2) is 49.1 Å². The standard InChI is InChI=1S/C21H24ClN3O5S2/c1-30-19-9-8-16(32(28,29)25-10-2-3-11-25)12-18(19)24-21(31)23-17(13-20(26)27)14-4-6-15(22)7-5-14/h4-9,12,17H,2-3,10-11,13H2,1H3,(H,26,27)(H2,23,24,31)/t17-/m0/s1. The van der Waals surface area contributed by atoms with Crippen molar-refractivity contribution in [3.63, 3.8) is 0 Å². The number of anilines is 1. The molecule has 11 heteroatoms. The number of nitrogens with zero attached hydrogens (tertiary/aromatic N) is 1. The van der Waals surface area contributed by atoms with Crippen molar-refractivity contribution in [2.75, 3.05) is 25.5 Å². The number of nitrogens with one attached hydrogen (secondary N) is 2. The summed E-state index contributed by atoms with van der Waals surface area (Å²) in [7, 11) is -2.16. The van der Waals surface area contributed by atoms with E-state index < -0.39 is 22.0 Å². The lowest BCUT2D eigenvalue weighted by Gasteiger charge is -2.21. The van der Waals surface area contributed by atoms with Gasteiger partial charge < -0.3 is 20.5 Å². The van der Waals surface area contributed by atoms with Gasteiger partial charge in [0.1, 0.15) is 5.75 Å². The molecule has 0 radical (unpaired) electrons. The number of rotatable bonds is 8. The van der Waals surface area contributed by atoms with Crippen LogP contribution in [0, 0.1) is 0 Å². The summed E-state index contributed by atoms with van der Waals surface area (Å²) < 4.78 is 32.6. The third-order valence-electron chi connectivity index (χ3n) is 5.08. The number of halogens is 1. The molecule has 1 aliphatic rings. The molecule has 1 fully saturated rings. The number of hydrogen-bond donors (Lipinski definition) is 3. The predicted molar refractivity (Wildman–Crippen MR) is 127 cm³/mol. The second-order valence-electron chi connectivity index (χ2n) is 7.27. The van der Waals surface area contributed by atoms with Crippen LogP contribution in [-0.2, 0) is 14.8 Å². The smallest absolute Gasteiger partial charge is 0.305 e. The van der Waals surface area contributed by atoms with E-state index in [0.29, 0.717) is 35.1 Å². The molecular formula is C21H24ClN3O5S2. The molecule has 3 rings (SSSR count). The van der Waals surface area contributed by atoms with Crippen molar-refractivity contribution in [3.8, 4) is 5.75 Å². The first-order valence-electron chi connectivity index (χ1n) is 9.93. The maximum absolute atomic E-state index is 12.9. The van der Waals surface area contributed by atoms with Crippen molar-refractivity contribution in [2.45, 2.75) is 30.2 Å². The molecule has 1 aliphatic heterocycles. The second-order valence-corrected chi connectivity index (χ2v) is 10.1. The summed E-state index contributed by atoms with van der Waals surface area (Å²) in [6, 6.07) is 10.7. The molecule has 172 valence electrons. The summed E-state index contributed by atoms with van der Waals surface area (Å²) >= 11 is 11.3. The van der Waals surface area contributed by atoms with Crippen LogP contribution >= 0.6 is 23.8 Å². The van der Waals surface area contributed by atoms with Crippen LogP contribution in [0.2, 0.25) is 5.02 Å². The molecule has 0 aromatic heterocycles. The number of ether oxygens (including phenoxy) is 1. The van der Waals surface area contributed by atoms with Gasteiger partial charge in [0.15, 0.2) is 5.11 Å². The van der Waals surface area contributed by atoms with Crippen molar-refractivity contribution in [3.05, 3.63) is 53.1 Å². The molecule has 32 heavy (non-hydrogen) atoms. The number of methoxy groups -OCH3 is 1. The van der Waals surface area contributed by atoms with Crippen molar-refractivity contribution in [1.82, 2.24) is 9.62 Å². The van der Waals surface area contributed by atoms with Crippen LogP contribution in [0.4, 0.5) is 5.69 Å². The molecule has 0 spiro atoms. The van der Waals surface area contributed by atoms with Crippen LogP contribution in [0.25, 0.3) is 0 Å². The van der Waals surface area contributed by atoms with Crippen LogP contribution in [0.1, 0.15) is 30.9 Å². The number of aliphatic carboxylic acids is 1. The predicted octanol–water partition coefficient (Wildman–Crippen LogP) is 3.64. The maximum Gasteiger partial charge on any atom is 0.305 e. The van der Waals surface area contributed by atoms with Gasteiger partial charge in [0.05, 0.1) is 30.2 Å². The number of thiocarbonyl (C=S) groups is 1. The Morgan fingerprint density at radius 3 is 2.47 bits per heavy atom. The molecule has 0 amide bonds. The van der Waals surface area contributed by atoms with Gasteiger partial charge in [0.2, 0.25) is 10.0 Å². The summed E-state index contributed by atoms with van der Waals surface area (Å²) in [6.45, 7) is 0.990. The highest BCUT2D eigenvalue weighted by Gasteiger charge is 2.28. The molecule has 1 heterocycles. The number of carboxylic acid groups (broad SMARTS) is 1. The Kier molecular flexibility index (Phi) is 7.94. The van der Waals surface area contributed by atoms with Gasteiger partial charge in [0, 0.05) is 18.1 Å². The fourth-order valence-corrected chi connectivity index (χ4v) is 5.38. The molecule has 0 saturated carbocycles. The van der Waals surface area contributed by atoms with Crippen molar-refractivity contribution in [1.29, 1.82) is 0 Å². The third kappa shape index (κ3) is 5.89. The monoisotopic (exact) mass is 497 g/mol. The number of benzene rings is 2. The van der Waals surface area contributed by atoms with E-state index >= 15 is 0 Å². The largest absolute Gasteiger partial charge is 0.495 e. The molecule has 1 saturated heterocycles. The SMILES string of the molecule is COc1ccc(S(=O)(=O)N2CCCC2)cc1NC(=S)N[C@@H](CC(=O)O)c1ccc(Cl)cc1. The summed E-state index contributed by atoms with van der Waals surface area (Å²) in [4.78, 5) is 11.5. The van der Waals surface area contributed by atoms with Crippen LogP contribution in [0.3, 0.4) is 0 Å². The van der Waals surface area contributed by atoms with E-state index in [4.69, 9.17) is 28.6 Å². The Balaban J connectivity index is 1.81. The van der Waals surface area contributed by atoms with Gasteiger partial charge >= 0.3 is 5.97 Å². The number of hydrogen-bond acceptors (Lipinski definition) is 5. The van der Waals surface area contributed by atoms with Gasteiger partial charge in [-0.2, -0.15) is 4.31 Å². The van der Waals surface area contributed by atoms with E-state index in [9.17, 15) is 18.3 Å². The van der Waals surface area contributed by atoms with Gasteiger partial charge in [-0.05, 0) is 61.0 Å². The number of carbonyl (C=O) groups is 1. The van der Waals surface area contributed by atoms with Crippen molar-refractivity contribution in [2.24, 2.45) is 0 Å². The Bertz CT molecular complexity index is 1090. The zero-order valence-corrected chi connectivity index (χ0v) is 19.8. The topological polar surface area (TPSA) is 108 Å².